The average Bonchev–Trinajstić information content (AvgIpc) is 1.38. The van der Waals surface area contributed by atoms with Gasteiger partial charge in [0.1, 0.15) is 0 Å². The van der Waals surface area contributed by atoms with Gasteiger partial charge < -0.3 is 0 Å². The summed E-state index contributed by atoms with van der Waals surface area (Å²) in [4.78, 5) is 0. The molecule has 0 fully saturated rings. The van der Waals surface area contributed by atoms with Gasteiger partial charge in [0.2, 0.25) is 0 Å². The van der Waals surface area contributed by atoms with Crippen LogP contribution in [0.1, 0.15) is 0 Å². The van der Waals surface area contributed by atoms with Crippen molar-refractivity contribution in [1.82, 2.24) is 0 Å². The predicted octanol–water partition coefficient (Wildman–Crippen LogP) is 2.77. The van der Waals surface area contributed by atoms with Gasteiger partial charge >= 0.3 is 0 Å². The molecule has 48 valence electrons. The van der Waals surface area contributed by atoms with Crippen molar-refractivity contribution in [3.63, 3.8) is 0 Å². The monoisotopic (exact) mass is 182 g/mol. The fourth-order valence-electron chi connectivity index (χ4n) is 0. The van der Waals surface area contributed by atoms with E-state index in [-0.39, 0.29) is 32.7 Å². The molecule has 0 saturated heterocycles. The van der Waals surface area contributed by atoms with Crippen molar-refractivity contribution in [2.75, 3.05) is 19.0 Å². The Labute approximate surface area is 63.6 Å². The Kier molecular flexibility index (Phi) is 23.2. The minimum Gasteiger partial charge on any atom is -0.147 e. The third-order valence-electron chi connectivity index (χ3n) is 0.239. The molecule has 0 spiro atoms. The van der Waals surface area contributed by atoms with Crippen LogP contribution < -0.4 is 0 Å². The Morgan fingerprint density at radius 2 is 1.43 bits per heavy atom. The second-order valence-corrected chi connectivity index (χ2v) is 4.31. The molecule has 0 unspecified atom stereocenters. The van der Waals surface area contributed by atoms with Crippen LogP contribution in [0.2, 0.25) is 0 Å². The molecular formula is C3H10Cl3P. The van der Waals surface area contributed by atoms with E-state index in [4.69, 9.17) is 11.6 Å². The number of halogens is 3. The van der Waals surface area contributed by atoms with Crippen LogP contribution in [0.25, 0.3) is 0 Å². The number of rotatable bonds is 1. The molecule has 0 aromatic rings. The predicted molar refractivity (Wildman–Crippen MR) is 44.0 cm³/mol. The Morgan fingerprint density at radius 3 is 1.43 bits per heavy atom. The number of hydrogen-bond donors (Lipinski definition) is 0. The molecule has 0 saturated carbocycles. The van der Waals surface area contributed by atoms with Gasteiger partial charge in [-0.3, -0.25) is 0 Å². The van der Waals surface area contributed by atoms with Crippen molar-refractivity contribution < 1.29 is 0 Å². The lowest BCUT2D eigenvalue weighted by atomic mass is 11.8. The molecule has 0 amide bonds. The molecule has 0 aliphatic carbocycles. The minimum atomic E-state index is 0. The molecule has 0 aromatic heterocycles. The summed E-state index contributed by atoms with van der Waals surface area (Å²) in [6.07, 6.45) is 0. The molecule has 0 aliphatic heterocycles. The van der Waals surface area contributed by atoms with Crippen LogP contribution in [0.15, 0.2) is 0 Å². The normalized spacial score (nSPS) is 6.86. The summed E-state index contributed by atoms with van der Waals surface area (Å²) in [5.74, 6) is 0. The van der Waals surface area contributed by atoms with E-state index in [1.165, 1.54) is 0 Å². The van der Waals surface area contributed by atoms with Crippen LogP contribution in [0, 0.1) is 0 Å². The molecule has 0 rings (SSSR count). The van der Waals surface area contributed by atoms with Gasteiger partial charge in [0.25, 0.3) is 0 Å². The highest BCUT2D eigenvalue weighted by Crippen LogP contribution is 2.24. The third-order valence-corrected chi connectivity index (χ3v) is 2.15. The van der Waals surface area contributed by atoms with Crippen molar-refractivity contribution in [1.29, 1.82) is 0 Å². The molecule has 0 atom stereocenters. The summed E-state index contributed by atoms with van der Waals surface area (Å²) < 4.78 is 0. The van der Waals surface area contributed by atoms with Gasteiger partial charge in [-0.2, -0.15) is 0 Å². The van der Waals surface area contributed by atoms with Gasteiger partial charge in [-0.05, 0) is 13.3 Å². The fraction of sp³-hybridized carbons (Fsp3) is 1.00. The topological polar surface area (TPSA) is 0 Å². The lowest BCUT2D eigenvalue weighted by molar-refractivity contribution is 2.03. The summed E-state index contributed by atoms with van der Waals surface area (Å²) in [6.45, 7) is 4.31. The molecule has 0 N–H and O–H groups in total. The maximum absolute atomic E-state index is 5.37. The van der Waals surface area contributed by atoms with Gasteiger partial charge in [-0.15, -0.1) is 36.4 Å². The van der Waals surface area contributed by atoms with Crippen molar-refractivity contribution >= 4 is 44.3 Å². The zero-order valence-corrected chi connectivity index (χ0v) is 7.63. The van der Waals surface area contributed by atoms with E-state index in [0.717, 1.165) is 5.62 Å². The highest BCUT2D eigenvalue weighted by molar-refractivity contribution is 7.57. The molecule has 0 radical (unpaired) electrons. The first-order valence-electron chi connectivity index (χ1n) is 1.48. The maximum Gasteiger partial charge on any atom is 0.0418 e. The van der Waals surface area contributed by atoms with Crippen LogP contribution in [-0.2, 0) is 0 Å². The maximum atomic E-state index is 5.37. The highest BCUT2D eigenvalue weighted by Gasteiger charge is 1.80. The lowest BCUT2D eigenvalue weighted by Gasteiger charge is -1.90. The molecule has 4 heteroatoms. The first-order valence-corrected chi connectivity index (χ1v) is 4.43. The smallest absolute Gasteiger partial charge is 0.0418 e. The van der Waals surface area contributed by atoms with E-state index in [1.807, 2.05) is 0 Å². The van der Waals surface area contributed by atoms with Crippen molar-refractivity contribution in [2.45, 2.75) is 0 Å². The Morgan fingerprint density at radius 1 is 1.29 bits per heavy atom. The van der Waals surface area contributed by atoms with E-state index >= 15 is 0 Å². The quantitative estimate of drug-likeness (QED) is 0.433. The molecule has 7 heavy (non-hydrogen) atoms. The second-order valence-electron chi connectivity index (χ2n) is 1.20. The van der Waals surface area contributed by atoms with Crippen LogP contribution in [0.3, 0.4) is 0 Å². The second kappa shape index (κ2) is 10.3. The van der Waals surface area contributed by atoms with Crippen LogP contribution >= 0.6 is 44.3 Å². The van der Waals surface area contributed by atoms with E-state index < -0.39 is 0 Å². The van der Waals surface area contributed by atoms with E-state index in [9.17, 15) is 0 Å². The minimum absolute atomic E-state index is 0. The van der Waals surface area contributed by atoms with Crippen molar-refractivity contribution in [3.8, 4) is 0 Å². The molecule has 0 heterocycles. The van der Waals surface area contributed by atoms with E-state index in [0.29, 0.717) is 0 Å². The Balaban J connectivity index is -0.0000000800. The standard InChI is InChI=1S/C3H8ClP.2ClH/c1-5(2)3-4;;/h3H2,1-2H3;2*1H. The fourth-order valence-corrected chi connectivity index (χ4v) is 0. The van der Waals surface area contributed by atoms with Crippen molar-refractivity contribution in [2.24, 2.45) is 0 Å². The lowest BCUT2D eigenvalue weighted by Crippen LogP contribution is -1.60. The van der Waals surface area contributed by atoms with Gasteiger partial charge in [0, 0.05) is 5.62 Å². The molecule has 0 bridgehead atoms. The van der Waals surface area contributed by atoms with Gasteiger partial charge in [-0.25, -0.2) is 0 Å². The van der Waals surface area contributed by atoms with Gasteiger partial charge in [0.15, 0.2) is 0 Å². The summed E-state index contributed by atoms with van der Waals surface area (Å²) in [6, 6.07) is 0. The number of hydrogen-bond acceptors (Lipinski definition) is 0. The van der Waals surface area contributed by atoms with E-state index in [2.05, 4.69) is 13.3 Å². The Hall–Kier alpha value is 1.30. The van der Waals surface area contributed by atoms with Crippen LogP contribution in [0.4, 0.5) is 0 Å². The largest absolute Gasteiger partial charge is 0.147 e. The SMILES string of the molecule is CP(C)CCl.Cl.Cl. The van der Waals surface area contributed by atoms with Crippen LogP contribution in [0.5, 0.6) is 0 Å². The zero-order valence-electron chi connectivity index (χ0n) is 4.35. The zero-order chi connectivity index (χ0) is 4.28. The summed E-state index contributed by atoms with van der Waals surface area (Å²) in [5, 5.41) is 0. The number of alkyl halides is 1. The first kappa shape index (κ1) is 15.7. The summed E-state index contributed by atoms with van der Waals surface area (Å²) in [7, 11) is 0.167. The average molecular weight is 183 g/mol. The molecule has 0 nitrogen and oxygen atoms in total. The van der Waals surface area contributed by atoms with Crippen molar-refractivity contribution in [3.05, 3.63) is 0 Å². The Bertz CT molecular complexity index is 24.1. The highest BCUT2D eigenvalue weighted by atomic mass is 35.5. The molecule has 0 aromatic carbocycles. The molecular weight excluding hydrogens is 173 g/mol. The first-order chi connectivity index (χ1) is 2.27. The van der Waals surface area contributed by atoms with E-state index in [1.54, 1.807) is 0 Å². The summed E-state index contributed by atoms with van der Waals surface area (Å²) >= 11 is 5.37. The van der Waals surface area contributed by atoms with Crippen LogP contribution in [-0.4, -0.2) is 19.0 Å². The third kappa shape index (κ3) is 18.8. The van der Waals surface area contributed by atoms with Gasteiger partial charge in [0.05, 0.1) is 0 Å². The molecule has 0 aliphatic rings. The summed E-state index contributed by atoms with van der Waals surface area (Å²) in [5.41, 5.74) is 0.843. The van der Waals surface area contributed by atoms with Gasteiger partial charge in [-0.1, -0.05) is 7.92 Å².